The van der Waals surface area contributed by atoms with Crippen molar-refractivity contribution in [2.75, 3.05) is 13.7 Å². The molecular formula is C12H13NO2S. The largest absolute Gasteiger partial charge is 0.496 e. The Hall–Kier alpha value is -1.39. The Kier molecular flexibility index (Phi) is 3.54. The highest BCUT2D eigenvalue weighted by Crippen LogP contribution is 2.32. The average molecular weight is 235 g/mol. The zero-order valence-corrected chi connectivity index (χ0v) is 9.83. The van der Waals surface area contributed by atoms with Crippen LogP contribution in [0.4, 0.5) is 0 Å². The van der Waals surface area contributed by atoms with Crippen molar-refractivity contribution in [3.8, 4) is 16.3 Å². The molecule has 3 nitrogen and oxygen atoms in total. The van der Waals surface area contributed by atoms with Crippen LogP contribution in [0.5, 0.6) is 5.75 Å². The van der Waals surface area contributed by atoms with Crippen LogP contribution in [0.25, 0.3) is 10.6 Å². The van der Waals surface area contributed by atoms with Crippen LogP contribution in [0.15, 0.2) is 30.5 Å². The molecule has 2 rings (SSSR count). The number of methoxy groups -OCH3 is 1. The molecule has 16 heavy (non-hydrogen) atoms. The van der Waals surface area contributed by atoms with E-state index >= 15 is 0 Å². The van der Waals surface area contributed by atoms with Crippen LogP contribution in [0.1, 0.15) is 4.88 Å². The van der Waals surface area contributed by atoms with Gasteiger partial charge in [-0.15, -0.1) is 11.3 Å². The zero-order valence-electron chi connectivity index (χ0n) is 9.01. The first-order valence-electron chi connectivity index (χ1n) is 5.04. The summed E-state index contributed by atoms with van der Waals surface area (Å²) >= 11 is 1.59. The van der Waals surface area contributed by atoms with E-state index in [1.165, 1.54) is 0 Å². The Morgan fingerprint density at radius 3 is 2.94 bits per heavy atom. The summed E-state index contributed by atoms with van der Waals surface area (Å²) < 4.78 is 5.29. The minimum absolute atomic E-state index is 0.160. The highest BCUT2D eigenvalue weighted by atomic mass is 32.1. The third-order valence-electron chi connectivity index (χ3n) is 2.25. The van der Waals surface area contributed by atoms with Crippen molar-refractivity contribution in [2.24, 2.45) is 0 Å². The lowest BCUT2D eigenvalue weighted by atomic mass is 10.2. The van der Waals surface area contributed by atoms with Crippen LogP contribution in [0.3, 0.4) is 0 Å². The van der Waals surface area contributed by atoms with E-state index in [1.807, 2.05) is 30.5 Å². The molecule has 0 unspecified atom stereocenters. The number of benzene rings is 1. The Morgan fingerprint density at radius 1 is 1.38 bits per heavy atom. The van der Waals surface area contributed by atoms with Gasteiger partial charge in [0.1, 0.15) is 10.8 Å². The van der Waals surface area contributed by atoms with E-state index in [0.29, 0.717) is 6.42 Å². The number of aromatic nitrogens is 1. The lowest BCUT2D eigenvalue weighted by Crippen LogP contribution is -1.86. The van der Waals surface area contributed by atoms with Gasteiger partial charge in [-0.05, 0) is 12.1 Å². The highest BCUT2D eigenvalue weighted by Gasteiger charge is 2.09. The normalized spacial score (nSPS) is 10.4. The number of hydrogen-bond donors (Lipinski definition) is 1. The van der Waals surface area contributed by atoms with E-state index in [-0.39, 0.29) is 6.61 Å². The number of thiazole rings is 1. The van der Waals surface area contributed by atoms with Crippen LogP contribution >= 0.6 is 11.3 Å². The number of para-hydroxylation sites is 1. The third kappa shape index (κ3) is 2.23. The van der Waals surface area contributed by atoms with Gasteiger partial charge in [0.05, 0.1) is 12.7 Å². The van der Waals surface area contributed by atoms with E-state index < -0.39 is 0 Å². The predicted octanol–water partition coefficient (Wildman–Crippen LogP) is 2.35. The van der Waals surface area contributed by atoms with E-state index in [9.17, 15) is 0 Å². The maximum Gasteiger partial charge on any atom is 0.129 e. The Bertz CT molecular complexity index is 468. The van der Waals surface area contributed by atoms with Gasteiger partial charge in [-0.25, -0.2) is 4.98 Å². The summed E-state index contributed by atoms with van der Waals surface area (Å²) in [6.45, 7) is 0.160. The molecule has 1 aromatic carbocycles. The fraction of sp³-hybridized carbons (Fsp3) is 0.250. The lowest BCUT2D eigenvalue weighted by molar-refractivity contribution is 0.300. The minimum atomic E-state index is 0.160. The fourth-order valence-electron chi connectivity index (χ4n) is 1.48. The molecule has 0 bridgehead atoms. The Labute approximate surface area is 98.4 Å². The Morgan fingerprint density at radius 2 is 2.19 bits per heavy atom. The van der Waals surface area contributed by atoms with Gasteiger partial charge >= 0.3 is 0 Å². The molecule has 84 valence electrons. The quantitative estimate of drug-likeness (QED) is 0.884. The van der Waals surface area contributed by atoms with Gasteiger partial charge in [0.25, 0.3) is 0 Å². The molecule has 0 atom stereocenters. The van der Waals surface area contributed by atoms with Crippen molar-refractivity contribution < 1.29 is 9.84 Å². The summed E-state index contributed by atoms with van der Waals surface area (Å²) in [5, 5.41) is 9.79. The number of ether oxygens (including phenoxy) is 1. The molecule has 0 aliphatic rings. The van der Waals surface area contributed by atoms with Crippen molar-refractivity contribution in [1.29, 1.82) is 0 Å². The van der Waals surface area contributed by atoms with Gasteiger partial charge in [0.15, 0.2) is 0 Å². The first-order valence-corrected chi connectivity index (χ1v) is 5.85. The molecule has 0 aliphatic heterocycles. The van der Waals surface area contributed by atoms with Gasteiger partial charge < -0.3 is 9.84 Å². The molecule has 4 heteroatoms. The van der Waals surface area contributed by atoms with E-state index in [1.54, 1.807) is 18.4 Å². The third-order valence-corrected chi connectivity index (χ3v) is 3.34. The van der Waals surface area contributed by atoms with Crippen molar-refractivity contribution in [1.82, 2.24) is 4.98 Å². The minimum Gasteiger partial charge on any atom is -0.496 e. The molecule has 1 aromatic heterocycles. The van der Waals surface area contributed by atoms with Gasteiger partial charge in [0.2, 0.25) is 0 Å². The maximum absolute atomic E-state index is 8.85. The second-order valence-corrected chi connectivity index (χ2v) is 4.42. The molecule has 0 spiro atoms. The van der Waals surface area contributed by atoms with E-state index in [4.69, 9.17) is 9.84 Å². The molecule has 0 saturated heterocycles. The monoisotopic (exact) mass is 235 g/mol. The molecule has 0 radical (unpaired) electrons. The molecule has 1 heterocycles. The molecular weight excluding hydrogens is 222 g/mol. The second kappa shape index (κ2) is 5.09. The summed E-state index contributed by atoms with van der Waals surface area (Å²) in [5.74, 6) is 0.826. The van der Waals surface area contributed by atoms with Crippen LogP contribution in [-0.2, 0) is 6.42 Å². The molecule has 1 N–H and O–H groups in total. The number of nitrogens with zero attached hydrogens (tertiary/aromatic N) is 1. The summed E-state index contributed by atoms with van der Waals surface area (Å²) in [5.41, 5.74) is 0.999. The summed E-state index contributed by atoms with van der Waals surface area (Å²) in [6.07, 6.45) is 2.47. The first kappa shape index (κ1) is 11.1. The number of aliphatic hydroxyl groups excluding tert-OH is 1. The van der Waals surface area contributed by atoms with Crippen LogP contribution in [-0.4, -0.2) is 23.8 Å². The topological polar surface area (TPSA) is 42.4 Å². The zero-order chi connectivity index (χ0) is 11.4. The average Bonchev–Trinajstić information content (AvgIpc) is 2.78. The molecule has 0 saturated carbocycles. The number of rotatable bonds is 4. The van der Waals surface area contributed by atoms with Crippen LogP contribution in [0, 0.1) is 0 Å². The maximum atomic E-state index is 8.85. The number of hydrogen-bond acceptors (Lipinski definition) is 4. The summed E-state index contributed by atoms with van der Waals surface area (Å²) in [4.78, 5) is 5.43. The molecule has 0 aliphatic carbocycles. The summed E-state index contributed by atoms with van der Waals surface area (Å²) in [7, 11) is 1.65. The van der Waals surface area contributed by atoms with Gasteiger partial charge in [-0.1, -0.05) is 12.1 Å². The fourth-order valence-corrected chi connectivity index (χ4v) is 2.41. The van der Waals surface area contributed by atoms with Gasteiger partial charge in [-0.3, -0.25) is 0 Å². The predicted molar refractivity (Wildman–Crippen MR) is 64.9 cm³/mol. The van der Waals surface area contributed by atoms with Crippen LogP contribution < -0.4 is 4.74 Å². The first-order chi connectivity index (χ1) is 7.85. The van der Waals surface area contributed by atoms with Gasteiger partial charge in [-0.2, -0.15) is 0 Å². The number of aliphatic hydroxyl groups is 1. The van der Waals surface area contributed by atoms with Crippen molar-refractivity contribution in [3.05, 3.63) is 35.3 Å². The lowest BCUT2D eigenvalue weighted by Gasteiger charge is -2.04. The SMILES string of the molecule is COc1ccccc1-c1ncc(CCO)s1. The van der Waals surface area contributed by atoms with E-state index in [0.717, 1.165) is 21.2 Å². The second-order valence-electron chi connectivity index (χ2n) is 3.31. The summed E-state index contributed by atoms with van der Waals surface area (Å²) in [6, 6.07) is 7.80. The van der Waals surface area contributed by atoms with Gasteiger partial charge in [0, 0.05) is 24.1 Å². The Balaban J connectivity index is 2.34. The molecule has 2 aromatic rings. The standard InChI is InChI=1S/C12H13NO2S/c1-15-11-5-3-2-4-10(11)12-13-8-9(16-12)6-7-14/h2-5,8,14H,6-7H2,1H3. The van der Waals surface area contributed by atoms with Crippen LogP contribution in [0.2, 0.25) is 0 Å². The molecule has 0 amide bonds. The smallest absolute Gasteiger partial charge is 0.129 e. The van der Waals surface area contributed by atoms with E-state index in [2.05, 4.69) is 4.98 Å². The van der Waals surface area contributed by atoms with Crippen molar-refractivity contribution in [3.63, 3.8) is 0 Å². The van der Waals surface area contributed by atoms with Crippen molar-refractivity contribution >= 4 is 11.3 Å². The van der Waals surface area contributed by atoms with Crippen molar-refractivity contribution in [2.45, 2.75) is 6.42 Å². The molecule has 0 fully saturated rings. The highest BCUT2D eigenvalue weighted by molar-refractivity contribution is 7.15.